The van der Waals surface area contributed by atoms with E-state index in [1.807, 2.05) is 24.5 Å². The third-order valence-electron chi connectivity index (χ3n) is 4.40. The van der Waals surface area contributed by atoms with Gasteiger partial charge in [0, 0.05) is 19.3 Å². The largest absolute Gasteiger partial charge is 0.331 e. The van der Waals surface area contributed by atoms with Crippen LogP contribution in [0.2, 0.25) is 0 Å². The molecule has 2 heterocycles. The fourth-order valence-corrected chi connectivity index (χ4v) is 3.16. The molecule has 8 heteroatoms. The number of aryl methyl sites for hydroxylation is 1. The molecule has 0 spiro atoms. The van der Waals surface area contributed by atoms with Gasteiger partial charge < -0.3 is 9.47 Å². The Labute approximate surface area is 160 Å². The molecule has 0 atom stereocenters. The van der Waals surface area contributed by atoms with E-state index in [0.29, 0.717) is 36.0 Å². The second-order valence-electron chi connectivity index (χ2n) is 6.47. The predicted octanol–water partition coefficient (Wildman–Crippen LogP) is 4.31. The van der Waals surface area contributed by atoms with Crippen molar-refractivity contribution in [3.8, 4) is 0 Å². The third kappa shape index (κ3) is 3.72. The highest BCUT2D eigenvalue weighted by Gasteiger charge is 2.26. The van der Waals surface area contributed by atoms with Crippen LogP contribution in [0.15, 0.2) is 30.5 Å². The van der Waals surface area contributed by atoms with Gasteiger partial charge in [0.2, 0.25) is 0 Å². The van der Waals surface area contributed by atoms with Crippen LogP contribution in [0.25, 0.3) is 11.2 Å². The monoisotopic (exact) mass is 390 g/mol. The number of carbonyl (C=O) groups is 1. The topological polar surface area (TPSA) is 51.0 Å². The van der Waals surface area contributed by atoms with E-state index < -0.39 is 28.9 Å². The summed E-state index contributed by atoms with van der Waals surface area (Å²) in [5.74, 6) is -4.17. The number of fused-ring (bicyclic) bond motifs is 1. The fraction of sp³-hybridized carbons (Fsp3) is 0.350. The average Bonchev–Trinajstić information content (AvgIpc) is 3.02. The maximum absolute atomic E-state index is 14.1. The Morgan fingerprint density at radius 2 is 1.86 bits per heavy atom. The molecule has 1 amide bonds. The minimum Gasteiger partial charge on any atom is -0.331 e. The number of imidazole rings is 1. The number of amides is 1. The van der Waals surface area contributed by atoms with Gasteiger partial charge in [-0.1, -0.05) is 13.8 Å². The Morgan fingerprint density at radius 3 is 2.57 bits per heavy atom. The van der Waals surface area contributed by atoms with Crippen molar-refractivity contribution < 1.29 is 18.0 Å². The molecule has 0 saturated heterocycles. The molecule has 0 saturated carbocycles. The molecule has 0 fully saturated rings. The third-order valence-corrected chi connectivity index (χ3v) is 4.40. The zero-order valence-corrected chi connectivity index (χ0v) is 15.8. The van der Waals surface area contributed by atoms with Crippen LogP contribution in [-0.4, -0.2) is 31.9 Å². The Morgan fingerprint density at radius 1 is 1.11 bits per heavy atom. The molecular weight excluding hydrogens is 369 g/mol. The molecule has 3 aromatic rings. The van der Waals surface area contributed by atoms with Gasteiger partial charge in [-0.25, -0.2) is 23.1 Å². The second-order valence-corrected chi connectivity index (χ2v) is 6.47. The number of aromatic nitrogens is 3. The first kappa shape index (κ1) is 19.9. The minimum atomic E-state index is -1.48. The Bertz CT molecular complexity index is 1000. The highest BCUT2D eigenvalue weighted by molar-refractivity contribution is 5.94. The van der Waals surface area contributed by atoms with Crippen LogP contribution in [0.1, 0.15) is 42.9 Å². The zero-order valence-electron chi connectivity index (χ0n) is 15.8. The molecule has 2 aromatic heterocycles. The summed E-state index contributed by atoms with van der Waals surface area (Å²) in [5.41, 5.74) is 0.481. The van der Waals surface area contributed by atoms with E-state index >= 15 is 0 Å². The summed E-state index contributed by atoms with van der Waals surface area (Å²) in [4.78, 5) is 23.0. The van der Waals surface area contributed by atoms with Crippen molar-refractivity contribution in [2.45, 2.75) is 39.8 Å². The summed E-state index contributed by atoms with van der Waals surface area (Å²) in [6.07, 6.45) is 3.05. The van der Waals surface area contributed by atoms with Crippen LogP contribution in [0.3, 0.4) is 0 Å². The highest BCUT2D eigenvalue weighted by atomic mass is 19.2. The van der Waals surface area contributed by atoms with Gasteiger partial charge in [0.15, 0.2) is 17.3 Å². The van der Waals surface area contributed by atoms with Gasteiger partial charge in [0.1, 0.15) is 22.7 Å². The molecule has 3 rings (SSSR count). The first-order valence-corrected chi connectivity index (χ1v) is 9.20. The molecule has 0 radical (unpaired) electrons. The lowest BCUT2D eigenvalue weighted by molar-refractivity contribution is 0.0726. The maximum atomic E-state index is 14.1. The van der Waals surface area contributed by atoms with Gasteiger partial charge in [-0.3, -0.25) is 4.79 Å². The van der Waals surface area contributed by atoms with Crippen molar-refractivity contribution in [2.24, 2.45) is 0 Å². The lowest BCUT2D eigenvalue weighted by Crippen LogP contribution is -2.34. The molecule has 0 aliphatic carbocycles. The van der Waals surface area contributed by atoms with Gasteiger partial charge in [-0.05, 0) is 37.1 Å². The minimum absolute atomic E-state index is 0.0401. The van der Waals surface area contributed by atoms with Gasteiger partial charge in [0.25, 0.3) is 5.91 Å². The predicted molar refractivity (Wildman–Crippen MR) is 99.2 cm³/mol. The van der Waals surface area contributed by atoms with Crippen molar-refractivity contribution >= 4 is 17.1 Å². The van der Waals surface area contributed by atoms with Crippen LogP contribution in [0.4, 0.5) is 13.2 Å². The quantitative estimate of drug-likeness (QED) is 0.565. The summed E-state index contributed by atoms with van der Waals surface area (Å²) in [5, 5.41) is 0. The Hall–Kier alpha value is -2.90. The van der Waals surface area contributed by atoms with Crippen molar-refractivity contribution in [3.63, 3.8) is 0 Å². The summed E-state index contributed by atoms with van der Waals surface area (Å²) < 4.78 is 43.7. The SMILES string of the molecule is CCCN(Cc1nc2cccnc2n1CCC)C(=O)c1c(F)ccc(F)c1F. The number of pyridine rings is 1. The summed E-state index contributed by atoms with van der Waals surface area (Å²) in [6, 6.07) is 5.00. The Kier molecular flexibility index (Phi) is 5.96. The molecule has 1 aromatic carbocycles. The van der Waals surface area contributed by atoms with Gasteiger partial charge >= 0.3 is 0 Å². The average molecular weight is 390 g/mol. The van der Waals surface area contributed by atoms with Crippen molar-refractivity contribution in [2.75, 3.05) is 6.54 Å². The first-order chi connectivity index (χ1) is 13.5. The number of halogens is 3. The molecule has 0 unspecified atom stereocenters. The van der Waals surface area contributed by atoms with Crippen LogP contribution in [-0.2, 0) is 13.1 Å². The molecule has 5 nitrogen and oxygen atoms in total. The highest BCUT2D eigenvalue weighted by Crippen LogP contribution is 2.21. The molecule has 0 aliphatic heterocycles. The van der Waals surface area contributed by atoms with Gasteiger partial charge in [-0.15, -0.1) is 0 Å². The number of rotatable bonds is 7. The number of carbonyl (C=O) groups excluding carboxylic acids is 1. The van der Waals surface area contributed by atoms with Gasteiger partial charge in [0.05, 0.1) is 6.54 Å². The lowest BCUT2D eigenvalue weighted by atomic mass is 10.1. The smallest absolute Gasteiger partial charge is 0.260 e. The number of nitrogens with zero attached hydrogens (tertiary/aromatic N) is 4. The molecule has 28 heavy (non-hydrogen) atoms. The first-order valence-electron chi connectivity index (χ1n) is 9.20. The molecular formula is C20H21F3N4O. The number of hydrogen-bond acceptors (Lipinski definition) is 3. The number of benzene rings is 1. The normalized spacial score (nSPS) is 11.2. The van der Waals surface area contributed by atoms with Crippen LogP contribution >= 0.6 is 0 Å². The molecule has 0 aliphatic rings. The standard InChI is InChI=1S/C20H21F3N4O/c1-3-10-26(20(28)17-13(21)7-8-14(22)18(17)23)12-16-25-15-6-5-9-24-19(15)27(16)11-4-2/h5-9H,3-4,10-12H2,1-2H3. The zero-order chi connectivity index (χ0) is 20.3. The Balaban J connectivity index is 2.01. The van der Waals surface area contributed by atoms with E-state index in [2.05, 4.69) is 9.97 Å². The fourth-order valence-electron chi connectivity index (χ4n) is 3.16. The molecule has 0 N–H and O–H groups in total. The van der Waals surface area contributed by atoms with E-state index in [1.165, 1.54) is 4.90 Å². The van der Waals surface area contributed by atoms with Crippen LogP contribution in [0.5, 0.6) is 0 Å². The maximum Gasteiger partial charge on any atom is 0.260 e. The van der Waals surface area contributed by atoms with Crippen molar-refractivity contribution in [1.29, 1.82) is 0 Å². The lowest BCUT2D eigenvalue weighted by Gasteiger charge is -2.23. The van der Waals surface area contributed by atoms with E-state index in [-0.39, 0.29) is 13.1 Å². The molecule has 0 bridgehead atoms. The number of hydrogen-bond donors (Lipinski definition) is 0. The van der Waals surface area contributed by atoms with E-state index in [1.54, 1.807) is 12.3 Å². The second kappa shape index (κ2) is 8.41. The molecule has 148 valence electrons. The summed E-state index contributed by atoms with van der Waals surface area (Å²) in [7, 11) is 0. The van der Waals surface area contributed by atoms with Crippen LogP contribution < -0.4 is 0 Å². The van der Waals surface area contributed by atoms with Crippen LogP contribution in [0, 0.1) is 17.5 Å². The van der Waals surface area contributed by atoms with Gasteiger partial charge in [-0.2, -0.15) is 0 Å². The van der Waals surface area contributed by atoms with Crippen molar-refractivity contribution in [3.05, 3.63) is 59.3 Å². The van der Waals surface area contributed by atoms with E-state index in [0.717, 1.165) is 12.5 Å². The van der Waals surface area contributed by atoms with E-state index in [4.69, 9.17) is 0 Å². The van der Waals surface area contributed by atoms with E-state index in [9.17, 15) is 18.0 Å². The summed E-state index contributed by atoms with van der Waals surface area (Å²) in [6.45, 7) is 4.77. The summed E-state index contributed by atoms with van der Waals surface area (Å²) >= 11 is 0. The van der Waals surface area contributed by atoms with Crippen molar-refractivity contribution in [1.82, 2.24) is 19.4 Å².